The summed E-state index contributed by atoms with van der Waals surface area (Å²) in [7, 11) is -3.73. The molecule has 0 bridgehead atoms. The predicted octanol–water partition coefficient (Wildman–Crippen LogP) is 1.23. The lowest BCUT2D eigenvalue weighted by atomic mass is 10.2. The molecule has 0 amide bonds. The molecule has 1 heterocycles. The van der Waals surface area contributed by atoms with Gasteiger partial charge in [-0.25, -0.2) is 8.42 Å². The van der Waals surface area contributed by atoms with Crippen LogP contribution in [-0.2, 0) is 10.0 Å². The molecule has 3 rings (SSSR count). The number of aliphatic hydroxyl groups excluding tert-OH is 1. The Morgan fingerprint density at radius 1 is 1.04 bits per heavy atom. The second-order valence-corrected chi connectivity index (χ2v) is 8.86. The molecule has 1 fully saturated rings. The first-order valence-corrected chi connectivity index (χ1v) is 10.6. The van der Waals surface area contributed by atoms with Crippen LogP contribution in [0.5, 0.6) is 0 Å². The number of rotatable bonds is 7. The van der Waals surface area contributed by atoms with Crippen molar-refractivity contribution < 1.29 is 18.4 Å². The van der Waals surface area contributed by atoms with Gasteiger partial charge in [-0.15, -0.1) is 0 Å². The Hall–Kier alpha value is -1.89. The summed E-state index contributed by atoms with van der Waals surface area (Å²) in [5.41, 5.74) is 1.64. The van der Waals surface area contributed by atoms with Crippen LogP contribution in [0.1, 0.15) is 18.4 Å². The molecular weight excluding hydrogens is 348 g/mol. The van der Waals surface area contributed by atoms with Crippen molar-refractivity contribution in [3.05, 3.63) is 60.2 Å². The zero-order valence-electron chi connectivity index (χ0n) is 15.1. The number of hydrogen-bond acceptors (Lipinski definition) is 3. The number of hydrogen-bond donors (Lipinski definition) is 2. The molecule has 1 aliphatic heterocycles. The summed E-state index contributed by atoms with van der Waals surface area (Å²) in [6.45, 7) is 4.70. The lowest BCUT2D eigenvalue weighted by Gasteiger charge is -2.27. The molecule has 2 aromatic rings. The predicted molar refractivity (Wildman–Crippen MR) is 103 cm³/mol. The maximum Gasteiger partial charge on any atom is 0.264 e. The van der Waals surface area contributed by atoms with Crippen LogP contribution in [0.3, 0.4) is 0 Å². The molecule has 5 nitrogen and oxygen atoms in total. The molecular formula is C20H27N2O3S+. The third-order valence-corrected chi connectivity index (χ3v) is 6.67. The fourth-order valence-corrected chi connectivity index (χ4v) is 4.96. The van der Waals surface area contributed by atoms with Gasteiger partial charge in [0.2, 0.25) is 0 Å². The maximum absolute atomic E-state index is 13.2. The molecule has 1 atom stereocenters. The first-order chi connectivity index (χ1) is 12.5. The summed E-state index contributed by atoms with van der Waals surface area (Å²) in [6, 6.07) is 15.8. The van der Waals surface area contributed by atoms with Crippen LogP contribution < -0.4 is 9.21 Å². The van der Waals surface area contributed by atoms with E-state index < -0.39 is 16.1 Å². The summed E-state index contributed by atoms with van der Waals surface area (Å²) >= 11 is 0. The average Bonchev–Trinajstić information content (AvgIpc) is 3.14. The van der Waals surface area contributed by atoms with Gasteiger partial charge in [0.05, 0.1) is 30.2 Å². The number of anilines is 1. The van der Waals surface area contributed by atoms with E-state index in [1.165, 1.54) is 22.0 Å². The first-order valence-electron chi connectivity index (χ1n) is 9.13. The molecule has 0 aromatic heterocycles. The fourth-order valence-electron chi connectivity index (χ4n) is 3.44. The Morgan fingerprint density at radius 2 is 1.65 bits per heavy atom. The minimum Gasteiger partial charge on any atom is -0.385 e. The van der Waals surface area contributed by atoms with Gasteiger partial charge in [-0.05, 0) is 31.2 Å². The highest BCUT2D eigenvalue weighted by Crippen LogP contribution is 2.24. The van der Waals surface area contributed by atoms with Crippen molar-refractivity contribution in [3.8, 4) is 0 Å². The molecule has 140 valence electrons. The highest BCUT2D eigenvalue weighted by molar-refractivity contribution is 7.92. The Labute approximate surface area is 155 Å². The number of sulfonamides is 1. The van der Waals surface area contributed by atoms with Gasteiger partial charge in [0.15, 0.2) is 0 Å². The topological polar surface area (TPSA) is 62.1 Å². The van der Waals surface area contributed by atoms with Crippen molar-refractivity contribution in [2.45, 2.75) is 30.8 Å². The van der Waals surface area contributed by atoms with Crippen molar-refractivity contribution in [2.24, 2.45) is 0 Å². The monoisotopic (exact) mass is 375 g/mol. The number of nitrogens with one attached hydrogen (secondary N) is 1. The number of quaternary nitrogens is 1. The van der Waals surface area contributed by atoms with Crippen LogP contribution >= 0.6 is 0 Å². The zero-order valence-corrected chi connectivity index (χ0v) is 16.0. The van der Waals surface area contributed by atoms with E-state index in [2.05, 4.69) is 0 Å². The summed E-state index contributed by atoms with van der Waals surface area (Å²) in [5.74, 6) is 0. The van der Waals surface area contributed by atoms with Gasteiger partial charge in [-0.2, -0.15) is 0 Å². The molecule has 0 radical (unpaired) electrons. The van der Waals surface area contributed by atoms with Gasteiger partial charge in [-0.1, -0.05) is 35.9 Å². The van der Waals surface area contributed by atoms with Crippen molar-refractivity contribution in [1.82, 2.24) is 0 Å². The number of nitrogens with zero attached hydrogens (tertiary/aromatic N) is 1. The summed E-state index contributed by atoms with van der Waals surface area (Å²) in [6.07, 6.45) is 1.64. The highest BCUT2D eigenvalue weighted by atomic mass is 32.2. The zero-order chi connectivity index (χ0) is 18.6. The summed E-state index contributed by atoms with van der Waals surface area (Å²) in [4.78, 5) is 1.58. The van der Waals surface area contributed by atoms with Gasteiger partial charge in [0.1, 0.15) is 12.6 Å². The van der Waals surface area contributed by atoms with Crippen LogP contribution in [0.25, 0.3) is 0 Å². The van der Waals surface area contributed by atoms with E-state index in [1.54, 1.807) is 42.5 Å². The van der Waals surface area contributed by atoms with Crippen LogP contribution in [0.4, 0.5) is 5.69 Å². The van der Waals surface area contributed by atoms with Gasteiger partial charge >= 0.3 is 0 Å². The summed E-state index contributed by atoms with van der Waals surface area (Å²) in [5, 5.41) is 10.6. The first kappa shape index (κ1) is 18.9. The highest BCUT2D eigenvalue weighted by Gasteiger charge is 2.29. The van der Waals surface area contributed by atoms with E-state index in [9.17, 15) is 13.5 Å². The standard InChI is InChI=1S/C20H26N2O3S/c1-17-9-11-18(12-10-17)22(16-19(23)15-21-13-5-6-14-21)26(24,25)20-7-3-2-4-8-20/h2-4,7-12,19,23H,5-6,13-16H2,1H3/p+1/t19-/m0/s1. The van der Waals surface area contributed by atoms with E-state index in [1.807, 2.05) is 19.1 Å². The minimum absolute atomic E-state index is 0.0593. The van der Waals surface area contributed by atoms with Crippen LogP contribution in [0.15, 0.2) is 59.5 Å². The molecule has 2 aromatic carbocycles. The van der Waals surface area contributed by atoms with Crippen molar-refractivity contribution in [2.75, 3.05) is 30.5 Å². The SMILES string of the molecule is Cc1ccc(N(C[C@@H](O)C[NH+]2CCCC2)S(=O)(=O)c2ccccc2)cc1. The van der Waals surface area contributed by atoms with Gasteiger partial charge in [0.25, 0.3) is 10.0 Å². The molecule has 0 unspecified atom stereocenters. The number of benzene rings is 2. The Morgan fingerprint density at radius 3 is 2.27 bits per heavy atom. The third kappa shape index (κ3) is 4.44. The van der Waals surface area contributed by atoms with E-state index in [0.717, 1.165) is 18.7 Å². The van der Waals surface area contributed by atoms with E-state index in [-0.39, 0.29) is 11.4 Å². The molecule has 0 saturated carbocycles. The molecule has 6 heteroatoms. The van der Waals surface area contributed by atoms with Crippen molar-refractivity contribution >= 4 is 15.7 Å². The normalized spacial score (nSPS) is 16.5. The largest absolute Gasteiger partial charge is 0.385 e. The Bertz CT molecular complexity index is 801. The molecule has 0 aliphatic carbocycles. The second kappa shape index (κ2) is 8.20. The van der Waals surface area contributed by atoms with E-state index in [0.29, 0.717) is 12.2 Å². The maximum atomic E-state index is 13.2. The number of aliphatic hydroxyl groups is 1. The fraction of sp³-hybridized carbons (Fsp3) is 0.400. The van der Waals surface area contributed by atoms with Gasteiger partial charge in [-0.3, -0.25) is 4.31 Å². The van der Waals surface area contributed by atoms with Crippen molar-refractivity contribution in [3.63, 3.8) is 0 Å². The molecule has 1 aliphatic rings. The van der Waals surface area contributed by atoms with Crippen molar-refractivity contribution in [1.29, 1.82) is 0 Å². The Kier molecular flexibility index (Phi) is 5.96. The quantitative estimate of drug-likeness (QED) is 0.765. The van der Waals surface area contributed by atoms with Crippen LogP contribution in [0.2, 0.25) is 0 Å². The molecule has 2 N–H and O–H groups in total. The van der Waals surface area contributed by atoms with Gasteiger partial charge in [0, 0.05) is 12.8 Å². The van der Waals surface area contributed by atoms with Crippen LogP contribution in [-0.4, -0.2) is 45.8 Å². The lowest BCUT2D eigenvalue weighted by Crippen LogP contribution is -3.11. The van der Waals surface area contributed by atoms with Gasteiger partial charge < -0.3 is 10.0 Å². The average molecular weight is 376 g/mol. The minimum atomic E-state index is -3.73. The Balaban J connectivity index is 1.87. The smallest absolute Gasteiger partial charge is 0.264 e. The summed E-state index contributed by atoms with van der Waals surface area (Å²) < 4.78 is 27.7. The number of aryl methyl sites for hydroxylation is 1. The second-order valence-electron chi connectivity index (χ2n) is 7.00. The lowest BCUT2D eigenvalue weighted by molar-refractivity contribution is -0.890. The van der Waals surface area contributed by atoms with E-state index >= 15 is 0 Å². The number of likely N-dealkylation sites (tertiary alicyclic amines) is 1. The molecule has 1 saturated heterocycles. The molecule has 0 spiro atoms. The molecule has 26 heavy (non-hydrogen) atoms. The third-order valence-electron chi connectivity index (χ3n) is 4.86. The van der Waals surface area contributed by atoms with E-state index in [4.69, 9.17) is 0 Å². The van der Waals surface area contributed by atoms with Crippen LogP contribution in [0, 0.1) is 6.92 Å².